The van der Waals surface area contributed by atoms with E-state index in [1.54, 1.807) is 12.1 Å². The van der Waals surface area contributed by atoms with Crippen LogP contribution in [0.25, 0.3) is 5.52 Å². The van der Waals surface area contributed by atoms with Crippen molar-refractivity contribution >= 4 is 33.0 Å². The van der Waals surface area contributed by atoms with Gasteiger partial charge in [0.25, 0.3) is 0 Å². The Labute approximate surface area is 123 Å². The molecule has 0 aliphatic heterocycles. The van der Waals surface area contributed by atoms with Gasteiger partial charge in [0.15, 0.2) is 0 Å². The number of hydrogen-bond acceptors (Lipinski definition) is 0. The van der Waals surface area contributed by atoms with Crippen LogP contribution in [0, 0.1) is 5.82 Å². The summed E-state index contributed by atoms with van der Waals surface area (Å²) in [4.78, 5) is 0. The van der Waals surface area contributed by atoms with Crippen LogP contribution in [0.3, 0.4) is 0 Å². The summed E-state index contributed by atoms with van der Waals surface area (Å²) in [6.07, 6.45) is 2.42. The van der Waals surface area contributed by atoms with E-state index in [1.807, 2.05) is 34.9 Å². The van der Waals surface area contributed by atoms with E-state index < -0.39 is 0 Å². The van der Waals surface area contributed by atoms with Gasteiger partial charge >= 0.3 is 0 Å². The van der Waals surface area contributed by atoms with E-state index in [0.717, 1.165) is 15.7 Å². The number of benzene rings is 1. The highest BCUT2D eigenvalue weighted by Crippen LogP contribution is 2.27. The molecular weight excluding hydrogens is 329 g/mol. The summed E-state index contributed by atoms with van der Waals surface area (Å²) in [6.45, 7) is 0. The Hall–Kier alpha value is -1.32. The molecule has 0 fully saturated rings. The van der Waals surface area contributed by atoms with Gasteiger partial charge in [-0.05, 0) is 46.3 Å². The number of hydrogen-bond donors (Lipinski definition) is 0. The van der Waals surface area contributed by atoms with Crippen LogP contribution in [-0.4, -0.2) is 4.40 Å². The molecule has 96 valence electrons. The average Bonchev–Trinajstić information content (AvgIpc) is 2.72. The molecule has 2 aromatic heterocycles. The summed E-state index contributed by atoms with van der Waals surface area (Å²) in [6, 6.07) is 12.7. The van der Waals surface area contributed by atoms with Crippen LogP contribution >= 0.6 is 27.5 Å². The van der Waals surface area contributed by atoms with Gasteiger partial charge in [0.05, 0.1) is 5.52 Å². The van der Waals surface area contributed by atoms with Crippen LogP contribution in [0.4, 0.5) is 4.39 Å². The van der Waals surface area contributed by atoms with Crippen molar-refractivity contribution in [3.63, 3.8) is 0 Å². The summed E-state index contributed by atoms with van der Waals surface area (Å²) >= 11 is 9.60. The zero-order chi connectivity index (χ0) is 13.4. The van der Waals surface area contributed by atoms with Crippen molar-refractivity contribution < 1.29 is 4.39 Å². The molecular formula is C15H10BrClFN. The summed E-state index contributed by atoms with van der Waals surface area (Å²) < 4.78 is 16.9. The van der Waals surface area contributed by atoms with Crippen LogP contribution in [0.5, 0.6) is 0 Å². The van der Waals surface area contributed by atoms with Gasteiger partial charge < -0.3 is 4.40 Å². The van der Waals surface area contributed by atoms with Gasteiger partial charge in [-0.3, -0.25) is 0 Å². The molecule has 0 N–H and O–H groups in total. The van der Waals surface area contributed by atoms with E-state index in [4.69, 9.17) is 11.6 Å². The molecule has 0 saturated heterocycles. The summed E-state index contributed by atoms with van der Waals surface area (Å²) in [5, 5.41) is 0.460. The van der Waals surface area contributed by atoms with Gasteiger partial charge in [-0.15, -0.1) is 0 Å². The Morgan fingerprint density at radius 2 is 2.00 bits per heavy atom. The molecule has 19 heavy (non-hydrogen) atoms. The van der Waals surface area contributed by atoms with Crippen molar-refractivity contribution in [1.82, 2.24) is 4.40 Å². The lowest BCUT2D eigenvalue weighted by Gasteiger charge is -2.06. The summed E-state index contributed by atoms with van der Waals surface area (Å²) in [5.41, 5.74) is 2.58. The maximum atomic E-state index is 13.8. The SMILES string of the molecule is Fc1cccc(Cl)c1Cc1cc(Br)c2ccccn12. The maximum absolute atomic E-state index is 13.8. The van der Waals surface area contributed by atoms with E-state index in [2.05, 4.69) is 15.9 Å². The largest absolute Gasteiger partial charge is 0.319 e. The standard InChI is InChI=1S/C15H10BrClFN/c16-12-9-10(19-7-2-1-6-15(12)19)8-11-13(17)4-3-5-14(11)18/h1-7,9H,8H2. The normalized spacial score (nSPS) is 11.1. The van der Waals surface area contributed by atoms with E-state index >= 15 is 0 Å². The molecule has 1 nitrogen and oxygen atoms in total. The quantitative estimate of drug-likeness (QED) is 0.613. The van der Waals surface area contributed by atoms with E-state index in [0.29, 0.717) is 17.0 Å². The van der Waals surface area contributed by atoms with Gasteiger partial charge in [-0.1, -0.05) is 23.7 Å². The average molecular weight is 339 g/mol. The number of halogens is 3. The number of pyridine rings is 1. The number of aromatic nitrogens is 1. The molecule has 0 unspecified atom stereocenters. The first kappa shape index (κ1) is 12.7. The van der Waals surface area contributed by atoms with Crippen molar-refractivity contribution in [3.05, 3.63) is 75.2 Å². The Morgan fingerprint density at radius 3 is 2.79 bits per heavy atom. The van der Waals surface area contributed by atoms with Crippen molar-refractivity contribution in [2.45, 2.75) is 6.42 Å². The second kappa shape index (κ2) is 4.99. The van der Waals surface area contributed by atoms with Gasteiger partial charge in [0, 0.05) is 33.4 Å². The number of fused-ring (bicyclic) bond motifs is 1. The molecule has 0 radical (unpaired) electrons. The Bertz CT molecular complexity index is 731. The first-order valence-corrected chi connectivity index (χ1v) is 7.01. The first-order chi connectivity index (χ1) is 9.16. The number of nitrogens with zero attached hydrogens (tertiary/aromatic N) is 1. The lowest BCUT2D eigenvalue weighted by molar-refractivity contribution is 0.613. The van der Waals surface area contributed by atoms with E-state index in [-0.39, 0.29) is 5.82 Å². The molecule has 0 bridgehead atoms. The first-order valence-electron chi connectivity index (χ1n) is 5.84. The molecule has 3 aromatic rings. The van der Waals surface area contributed by atoms with Crippen molar-refractivity contribution in [2.24, 2.45) is 0 Å². The predicted molar refractivity (Wildman–Crippen MR) is 79.3 cm³/mol. The van der Waals surface area contributed by atoms with Crippen LogP contribution < -0.4 is 0 Å². The molecule has 0 saturated carbocycles. The fourth-order valence-electron chi connectivity index (χ4n) is 2.20. The van der Waals surface area contributed by atoms with Gasteiger partial charge in [-0.25, -0.2) is 4.39 Å². The molecule has 0 atom stereocenters. The second-order valence-corrected chi connectivity index (χ2v) is 5.58. The van der Waals surface area contributed by atoms with Gasteiger partial charge in [-0.2, -0.15) is 0 Å². The molecule has 0 aliphatic rings. The minimum atomic E-state index is -0.269. The summed E-state index contributed by atoms with van der Waals surface area (Å²) in [5.74, 6) is -0.269. The van der Waals surface area contributed by atoms with Crippen molar-refractivity contribution in [3.8, 4) is 0 Å². The molecule has 0 spiro atoms. The molecule has 0 amide bonds. The highest BCUT2D eigenvalue weighted by atomic mass is 79.9. The highest BCUT2D eigenvalue weighted by molar-refractivity contribution is 9.10. The zero-order valence-electron chi connectivity index (χ0n) is 9.91. The summed E-state index contributed by atoms with van der Waals surface area (Å²) in [7, 11) is 0. The van der Waals surface area contributed by atoms with Crippen LogP contribution in [0.15, 0.2) is 53.1 Å². The third-order valence-electron chi connectivity index (χ3n) is 3.13. The Kier molecular flexibility index (Phi) is 3.33. The molecule has 4 heteroatoms. The van der Waals surface area contributed by atoms with E-state index in [9.17, 15) is 4.39 Å². The van der Waals surface area contributed by atoms with Gasteiger partial charge in [0.1, 0.15) is 5.82 Å². The Morgan fingerprint density at radius 1 is 1.16 bits per heavy atom. The van der Waals surface area contributed by atoms with Gasteiger partial charge in [0.2, 0.25) is 0 Å². The molecule has 1 aromatic carbocycles. The third-order valence-corrected chi connectivity index (χ3v) is 4.12. The fraction of sp³-hybridized carbons (Fsp3) is 0.0667. The molecule has 3 rings (SSSR count). The lowest BCUT2D eigenvalue weighted by atomic mass is 10.1. The predicted octanol–water partition coefficient (Wildman–Crippen LogP) is 5.09. The smallest absolute Gasteiger partial charge is 0.128 e. The minimum Gasteiger partial charge on any atom is -0.319 e. The van der Waals surface area contributed by atoms with Crippen molar-refractivity contribution in [2.75, 3.05) is 0 Å². The topological polar surface area (TPSA) is 4.41 Å². The fourth-order valence-corrected chi connectivity index (χ4v) is 3.01. The van der Waals surface area contributed by atoms with Crippen LogP contribution in [-0.2, 0) is 6.42 Å². The monoisotopic (exact) mass is 337 g/mol. The Balaban J connectivity index is 2.11. The minimum absolute atomic E-state index is 0.269. The maximum Gasteiger partial charge on any atom is 0.128 e. The van der Waals surface area contributed by atoms with Crippen molar-refractivity contribution in [1.29, 1.82) is 0 Å². The van der Waals surface area contributed by atoms with Crippen LogP contribution in [0.2, 0.25) is 5.02 Å². The lowest BCUT2D eigenvalue weighted by Crippen LogP contribution is -1.97. The second-order valence-electron chi connectivity index (χ2n) is 4.32. The number of rotatable bonds is 2. The zero-order valence-corrected chi connectivity index (χ0v) is 12.2. The molecule has 0 aliphatic carbocycles. The third kappa shape index (κ3) is 2.28. The molecule has 2 heterocycles. The van der Waals surface area contributed by atoms with E-state index in [1.165, 1.54) is 6.07 Å². The highest BCUT2D eigenvalue weighted by Gasteiger charge is 2.12. The van der Waals surface area contributed by atoms with Crippen LogP contribution in [0.1, 0.15) is 11.3 Å².